The van der Waals surface area contributed by atoms with E-state index in [1.165, 1.54) is 16.7 Å². The van der Waals surface area contributed by atoms with Crippen LogP contribution in [0.15, 0.2) is 64.5 Å². The van der Waals surface area contributed by atoms with Gasteiger partial charge in [-0.1, -0.05) is 6.07 Å². The maximum Gasteiger partial charge on any atom is 0.347 e. The molecule has 0 bridgehead atoms. The summed E-state index contributed by atoms with van der Waals surface area (Å²) in [6.07, 6.45) is 1.78. The Morgan fingerprint density at radius 3 is 2.62 bits per heavy atom. The van der Waals surface area contributed by atoms with Gasteiger partial charge in [0.1, 0.15) is 18.1 Å². The van der Waals surface area contributed by atoms with Gasteiger partial charge in [0.25, 0.3) is 5.56 Å². The Balaban J connectivity index is 1.81. The minimum Gasteiger partial charge on any atom is -0.609 e. The Labute approximate surface area is 188 Å². The lowest BCUT2D eigenvalue weighted by Gasteiger charge is -2.15. The van der Waals surface area contributed by atoms with E-state index >= 15 is 0 Å². The zero-order valence-electron chi connectivity index (χ0n) is 17.7. The average Bonchev–Trinajstić information content (AvgIpc) is 2.94. The summed E-state index contributed by atoms with van der Waals surface area (Å²) in [7, 11) is 1.69. The summed E-state index contributed by atoms with van der Waals surface area (Å²) in [6.45, 7) is 1.97. The molecule has 2 heterocycles. The zero-order chi connectivity index (χ0) is 22.8. The Morgan fingerprint density at radius 2 is 1.91 bits per heavy atom. The highest BCUT2D eigenvalue weighted by Crippen LogP contribution is 2.34. The van der Waals surface area contributed by atoms with E-state index in [0.717, 1.165) is 27.8 Å². The van der Waals surface area contributed by atoms with Crippen LogP contribution in [0.5, 0.6) is 0 Å². The number of halogens is 1. The predicted octanol–water partition coefficient (Wildman–Crippen LogP) is 3.25. The molecule has 3 aromatic rings. The summed E-state index contributed by atoms with van der Waals surface area (Å²) < 4.78 is 26.7. The second kappa shape index (κ2) is 9.10. The van der Waals surface area contributed by atoms with Crippen LogP contribution in [0.25, 0.3) is 11.1 Å². The van der Waals surface area contributed by atoms with Crippen molar-refractivity contribution in [2.24, 2.45) is 12.0 Å². The third kappa shape index (κ3) is 4.37. The lowest BCUT2D eigenvalue weighted by atomic mass is 9.92. The highest BCUT2D eigenvalue weighted by Gasteiger charge is 2.21. The van der Waals surface area contributed by atoms with Crippen LogP contribution in [0, 0.1) is 5.82 Å². The first-order chi connectivity index (χ1) is 15.4. The zero-order valence-corrected chi connectivity index (χ0v) is 18.5. The van der Waals surface area contributed by atoms with Gasteiger partial charge in [-0.2, -0.15) is 0 Å². The molecule has 1 aliphatic heterocycles. The van der Waals surface area contributed by atoms with Gasteiger partial charge in [-0.15, -0.1) is 0 Å². The van der Waals surface area contributed by atoms with E-state index in [1.807, 2.05) is 18.2 Å². The number of anilines is 1. The highest BCUT2D eigenvalue weighted by atomic mass is 32.2. The fraction of sp³-hybridized carbons (Fsp3) is 0.208. The summed E-state index contributed by atoms with van der Waals surface area (Å²) in [6, 6.07) is 13.3. The third-order valence-electron chi connectivity index (χ3n) is 5.36. The van der Waals surface area contributed by atoms with E-state index in [1.54, 1.807) is 38.4 Å². The number of nitrogens with one attached hydrogen (secondary N) is 1. The number of hydrogen-bond acceptors (Lipinski definition) is 5. The van der Waals surface area contributed by atoms with E-state index in [2.05, 4.69) is 5.32 Å². The number of pyridine rings is 1. The van der Waals surface area contributed by atoms with Gasteiger partial charge >= 0.3 is 5.12 Å². The fourth-order valence-corrected chi connectivity index (χ4v) is 4.20. The number of nitrogens with zero attached hydrogens (tertiary/aromatic N) is 2. The van der Waals surface area contributed by atoms with E-state index in [0.29, 0.717) is 17.9 Å². The molecular weight excluding hydrogens is 429 g/mol. The molecule has 164 valence electrons. The number of fused-ring (bicyclic) bond motifs is 3. The molecule has 1 unspecified atom stereocenters. The molecule has 1 atom stereocenters. The Bertz CT molecular complexity index is 1270. The minimum atomic E-state index is -1.51. The molecule has 0 spiro atoms. The number of aliphatic imine (C=N–C) groups is 1. The van der Waals surface area contributed by atoms with Crippen LogP contribution in [-0.2, 0) is 29.6 Å². The van der Waals surface area contributed by atoms with Crippen molar-refractivity contribution in [2.75, 3.05) is 17.6 Å². The number of aromatic nitrogens is 1. The normalized spacial score (nSPS) is 13.4. The topological polar surface area (TPSA) is 86.5 Å². The van der Waals surface area contributed by atoms with Crippen LogP contribution >= 0.6 is 0 Å². The molecule has 2 aromatic carbocycles. The van der Waals surface area contributed by atoms with Crippen LogP contribution in [-0.4, -0.2) is 32.2 Å². The summed E-state index contributed by atoms with van der Waals surface area (Å²) in [5.41, 5.74) is 5.33. The Hall–Kier alpha value is -3.23. The molecular formula is C24H22FN3O3S. The average molecular weight is 452 g/mol. The molecule has 1 aromatic heterocycles. The number of carbonyl (C=O) groups excluding carboxylic acids is 1. The molecule has 0 fully saturated rings. The SMILES string of the molecule is CC[S+]([O-])C(=O)CNc1ccc2c(c1)-c1cn(C)c(=O)cc1CN=C2c1ccc(F)cc1. The molecule has 0 saturated carbocycles. The molecule has 0 saturated heterocycles. The molecule has 0 radical (unpaired) electrons. The lowest BCUT2D eigenvalue weighted by molar-refractivity contribution is -0.110. The van der Waals surface area contributed by atoms with E-state index < -0.39 is 11.2 Å². The molecule has 6 nitrogen and oxygen atoms in total. The summed E-state index contributed by atoms with van der Waals surface area (Å²) in [4.78, 5) is 29.0. The van der Waals surface area contributed by atoms with E-state index in [4.69, 9.17) is 4.99 Å². The summed E-state index contributed by atoms with van der Waals surface area (Å²) in [5.74, 6) is -0.0490. The first-order valence-corrected chi connectivity index (χ1v) is 11.5. The number of rotatable bonds is 5. The monoisotopic (exact) mass is 451 g/mol. The van der Waals surface area contributed by atoms with Crippen LogP contribution < -0.4 is 10.9 Å². The first-order valence-electron chi connectivity index (χ1n) is 10.2. The van der Waals surface area contributed by atoms with Gasteiger partial charge in [0.2, 0.25) is 0 Å². The maximum absolute atomic E-state index is 13.5. The van der Waals surface area contributed by atoms with Gasteiger partial charge < -0.3 is 14.4 Å². The van der Waals surface area contributed by atoms with Crippen molar-refractivity contribution in [1.82, 2.24) is 4.57 Å². The van der Waals surface area contributed by atoms with Gasteiger partial charge in [0, 0.05) is 52.9 Å². The minimum absolute atomic E-state index is 0.0434. The van der Waals surface area contributed by atoms with Gasteiger partial charge in [-0.25, -0.2) is 9.18 Å². The second-order valence-electron chi connectivity index (χ2n) is 7.45. The third-order valence-corrected chi connectivity index (χ3v) is 6.53. The summed E-state index contributed by atoms with van der Waals surface area (Å²) in [5, 5.41) is 2.69. The first kappa shape index (κ1) is 22.0. The van der Waals surface area contributed by atoms with E-state index in [9.17, 15) is 18.5 Å². The number of hydrogen-bond donors (Lipinski definition) is 1. The molecule has 0 amide bonds. The Kier molecular flexibility index (Phi) is 6.25. The second-order valence-corrected chi connectivity index (χ2v) is 9.18. The van der Waals surface area contributed by atoms with Crippen molar-refractivity contribution in [1.29, 1.82) is 0 Å². The standard InChI is InChI=1S/C24H22FN3O3S/c1-3-32(31)23(30)13-26-18-8-9-19-20(11-18)21-14-28(2)22(29)10-16(21)12-27-24(19)15-4-6-17(25)7-5-15/h4-11,14,26H,3,12-13H2,1-2H3. The maximum atomic E-state index is 13.5. The number of aryl methyl sites for hydroxylation is 1. The van der Waals surface area contributed by atoms with Crippen LogP contribution in [0.1, 0.15) is 23.6 Å². The fourth-order valence-electron chi connectivity index (χ4n) is 3.65. The summed E-state index contributed by atoms with van der Waals surface area (Å²) >= 11 is -1.51. The van der Waals surface area contributed by atoms with Gasteiger partial charge in [-0.3, -0.25) is 9.79 Å². The molecule has 32 heavy (non-hydrogen) atoms. The van der Waals surface area contributed by atoms with Crippen molar-refractivity contribution in [3.63, 3.8) is 0 Å². The van der Waals surface area contributed by atoms with Gasteiger partial charge in [0.15, 0.2) is 0 Å². The highest BCUT2D eigenvalue weighted by molar-refractivity contribution is 8.06. The van der Waals surface area contributed by atoms with E-state index in [-0.39, 0.29) is 28.8 Å². The van der Waals surface area contributed by atoms with Crippen LogP contribution in [0.3, 0.4) is 0 Å². The molecule has 4 rings (SSSR count). The van der Waals surface area contributed by atoms with Gasteiger partial charge in [0.05, 0.1) is 12.3 Å². The molecule has 8 heteroatoms. The van der Waals surface area contributed by atoms with Crippen molar-refractivity contribution in [3.8, 4) is 11.1 Å². The number of carbonyl (C=O) groups is 1. The lowest BCUT2D eigenvalue weighted by Crippen LogP contribution is -2.24. The van der Waals surface area contributed by atoms with Crippen LogP contribution in [0.4, 0.5) is 10.1 Å². The van der Waals surface area contributed by atoms with Crippen molar-refractivity contribution < 1.29 is 13.7 Å². The quantitative estimate of drug-likeness (QED) is 0.604. The van der Waals surface area contributed by atoms with Crippen molar-refractivity contribution >= 4 is 27.7 Å². The smallest absolute Gasteiger partial charge is 0.347 e. The van der Waals surface area contributed by atoms with Gasteiger partial charge in [-0.05, 0) is 54.4 Å². The number of benzene rings is 2. The predicted molar refractivity (Wildman–Crippen MR) is 125 cm³/mol. The molecule has 1 aliphatic rings. The largest absolute Gasteiger partial charge is 0.609 e. The van der Waals surface area contributed by atoms with Crippen molar-refractivity contribution in [2.45, 2.75) is 13.5 Å². The molecule has 0 aliphatic carbocycles. The Morgan fingerprint density at radius 1 is 1.16 bits per heavy atom. The van der Waals surface area contributed by atoms with Crippen molar-refractivity contribution in [3.05, 3.63) is 87.6 Å². The molecule has 1 N–H and O–H groups in total. The van der Waals surface area contributed by atoms with Crippen LogP contribution in [0.2, 0.25) is 0 Å².